The van der Waals surface area contributed by atoms with Crippen LogP contribution in [0.25, 0.3) is 0 Å². The van der Waals surface area contributed by atoms with Gasteiger partial charge in [0.1, 0.15) is 6.04 Å². The van der Waals surface area contributed by atoms with E-state index >= 15 is 0 Å². The second-order valence-corrected chi connectivity index (χ2v) is 5.52. The minimum Gasteiger partial charge on any atom is -0.372 e. The summed E-state index contributed by atoms with van der Waals surface area (Å²) in [7, 11) is 0. The predicted octanol–water partition coefficient (Wildman–Crippen LogP) is 2.04. The maximum atomic E-state index is 12.3. The molecule has 0 saturated heterocycles. The van der Waals surface area contributed by atoms with Gasteiger partial charge in [0.05, 0.1) is 6.10 Å². The molecule has 0 radical (unpaired) electrons. The smallest absolute Gasteiger partial charge is 0.242 e. The first-order chi connectivity index (χ1) is 10.5. The van der Waals surface area contributed by atoms with Gasteiger partial charge >= 0.3 is 0 Å². The van der Waals surface area contributed by atoms with E-state index in [4.69, 9.17) is 4.74 Å². The Kier molecular flexibility index (Phi) is 7.60. The fourth-order valence-electron chi connectivity index (χ4n) is 2.20. The van der Waals surface area contributed by atoms with Crippen molar-refractivity contribution in [3.63, 3.8) is 0 Å². The third kappa shape index (κ3) is 5.85. The van der Waals surface area contributed by atoms with Crippen LogP contribution in [0.2, 0.25) is 0 Å². The van der Waals surface area contributed by atoms with Gasteiger partial charge in [0.2, 0.25) is 11.8 Å². The monoisotopic (exact) mass is 306 g/mol. The van der Waals surface area contributed by atoms with Crippen LogP contribution in [0.1, 0.15) is 39.4 Å². The number of benzene rings is 1. The van der Waals surface area contributed by atoms with Crippen LogP contribution >= 0.6 is 0 Å². The topological polar surface area (TPSA) is 67.4 Å². The van der Waals surface area contributed by atoms with Gasteiger partial charge in [0.25, 0.3) is 0 Å². The van der Waals surface area contributed by atoms with Crippen molar-refractivity contribution in [1.82, 2.24) is 10.6 Å². The number of carbonyl (C=O) groups excluding carboxylic acids is 2. The van der Waals surface area contributed by atoms with Gasteiger partial charge in [-0.05, 0) is 18.4 Å². The molecule has 1 aromatic carbocycles. The Bertz CT molecular complexity index is 474. The van der Waals surface area contributed by atoms with Gasteiger partial charge in [-0.1, -0.05) is 44.2 Å². The van der Waals surface area contributed by atoms with Crippen molar-refractivity contribution < 1.29 is 14.3 Å². The molecule has 5 nitrogen and oxygen atoms in total. The van der Waals surface area contributed by atoms with E-state index in [1.807, 2.05) is 51.1 Å². The highest BCUT2D eigenvalue weighted by molar-refractivity contribution is 5.87. The molecule has 2 N–H and O–H groups in total. The number of ether oxygens (including phenoxy) is 1. The molecule has 2 atom stereocenters. The molecule has 22 heavy (non-hydrogen) atoms. The van der Waals surface area contributed by atoms with Crippen LogP contribution in [0.5, 0.6) is 0 Å². The number of carbonyl (C=O) groups is 2. The predicted molar refractivity (Wildman–Crippen MR) is 86.3 cm³/mol. The highest BCUT2D eigenvalue weighted by Gasteiger charge is 2.23. The summed E-state index contributed by atoms with van der Waals surface area (Å²) in [5.74, 6) is -0.379. The number of amides is 2. The Morgan fingerprint density at radius 1 is 1.18 bits per heavy atom. The molecule has 5 heteroatoms. The third-order valence-corrected chi connectivity index (χ3v) is 3.31. The lowest BCUT2D eigenvalue weighted by molar-refractivity contribution is -0.129. The molecule has 0 spiro atoms. The molecule has 0 fully saturated rings. The average molecular weight is 306 g/mol. The van der Waals surface area contributed by atoms with E-state index in [2.05, 4.69) is 10.6 Å². The molecular weight excluding hydrogens is 280 g/mol. The van der Waals surface area contributed by atoms with E-state index < -0.39 is 6.04 Å². The largest absolute Gasteiger partial charge is 0.372 e. The minimum absolute atomic E-state index is 0.0196. The Balaban J connectivity index is 2.67. The maximum Gasteiger partial charge on any atom is 0.242 e. The summed E-state index contributed by atoms with van der Waals surface area (Å²) in [6.07, 6.45) is -0.194. The minimum atomic E-state index is -0.532. The van der Waals surface area contributed by atoms with E-state index in [9.17, 15) is 9.59 Å². The summed E-state index contributed by atoms with van der Waals surface area (Å²) in [6.45, 7) is 8.07. The molecule has 0 aromatic heterocycles. The Hall–Kier alpha value is -1.88. The summed E-state index contributed by atoms with van der Waals surface area (Å²) in [5, 5.41) is 5.56. The van der Waals surface area contributed by atoms with Crippen molar-refractivity contribution in [2.75, 3.05) is 13.2 Å². The van der Waals surface area contributed by atoms with Crippen molar-refractivity contribution >= 4 is 11.8 Å². The van der Waals surface area contributed by atoms with E-state index in [1.54, 1.807) is 0 Å². The van der Waals surface area contributed by atoms with E-state index in [0.717, 1.165) is 5.56 Å². The van der Waals surface area contributed by atoms with Crippen molar-refractivity contribution in [2.45, 2.75) is 39.8 Å². The summed E-state index contributed by atoms with van der Waals surface area (Å²) >= 11 is 0. The SMILES string of the molecule is CCOC(CNC(=O)C(NC(C)=O)C(C)C)c1ccccc1. The zero-order valence-electron chi connectivity index (χ0n) is 13.8. The molecule has 2 amide bonds. The van der Waals surface area contributed by atoms with Crippen LogP contribution in [0.15, 0.2) is 30.3 Å². The number of hydrogen-bond acceptors (Lipinski definition) is 3. The van der Waals surface area contributed by atoms with Crippen LogP contribution in [0.3, 0.4) is 0 Å². The van der Waals surface area contributed by atoms with Crippen molar-refractivity contribution in [3.8, 4) is 0 Å². The fourth-order valence-corrected chi connectivity index (χ4v) is 2.20. The van der Waals surface area contributed by atoms with Gasteiger partial charge < -0.3 is 15.4 Å². The fraction of sp³-hybridized carbons (Fsp3) is 0.529. The van der Waals surface area contributed by atoms with Gasteiger partial charge in [-0.2, -0.15) is 0 Å². The van der Waals surface area contributed by atoms with Crippen LogP contribution in [0.4, 0.5) is 0 Å². The van der Waals surface area contributed by atoms with Crippen LogP contribution in [-0.4, -0.2) is 31.0 Å². The normalized spacial score (nSPS) is 13.5. The standard InChI is InChI=1S/C17H26N2O3/c1-5-22-15(14-9-7-6-8-10-14)11-18-17(21)16(12(2)3)19-13(4)20/h6-10,12,15-16H,5,11H2,1-4H3,(H,18,21)(H,19,20). The Labute approximate surface area is 132 Å². The molecular formula is C17H26N2O3. The molecule has 2 unspecified atom stereocenters. The lowest BCUT2D eigenvalue weighted by Crippen LogP contribution is -2.49. The number of hydrogen-bond donors (Lipinski definition) is 2. The van der Waals surface area contributed by atoms with Crippen molar-refractivity contribution in [3.05, 3.63) is 35.9 Å². The highest BCUT2D eigenvalue weighted by Crippen LogP contribution is 2.16. The average Bonchev–Trinajstić information content (AvgIpc) is 2.49. The Morgan fingerprint density at radius 2 is 1.82 bits per heavy atom. The molecule has 0 aliphatic rings. The zero-order valence-corrected chi connectivity index (χ0v) is 13.8. The summed E-state index contributed by atoms with van der Waals surface area (Å²) < 4.78 is 5.70. The number of rotatable bonds is 8. The summed E-state index contributed by atoms with van der Waals surface area (Å²) in [6, 6.07) is 9.24. The summed E-state index contributed by atoms with van der Waals surface area (Å²) in [4.78, 5) is 23.5. The molecule has 1 rings (SSSR count). The van der Waals surface area contributed by atoms with Crippen LogP contribution in [-0.2, 0) is 14.3 Å². The van der Waals surface area contributed by atoms with Gasteiger partial charge in [-0.15, -0.1) is 0 Å². The number of nitrogens with one attached hydrogen (secondary N) is 2. The maximum absolute atomic E-state index is 12.3. The van der Waals surface area contributed by atoms with E-state index in [-0.39, 0.29) is 23.8 Å². The van der Waals surface area contributed by atoms with Gasteiger partial charge in [-0.25, -0.2) is 0 Å². The molecule has 0 saturated carbocycles. The Morgan fingerprint density at radius 3 is 2.32 bits per heavy atom. The molecule has 0 aliphatic carbocycles. The van der Waals surface area contributed by atoms with E-state index in [1.165, 1.54) is 6.92 Å². The molecule has 0 bridgehead atoms. The summed E-state index contributed by atoms with van der Waals surface area (Å²) in [5.41, 5.74) is 1.02. The van der Waals surface area contributed by atoms with E-state index in [0.29, 0.717) is 13.2 Å². The van der Waals surface area contributed by atoms with Crippen molar-refractivity contribution in [1.29, 1.82) is 0 Å². The first kappa shape index (κ1) is 18.2. The lowest BCUT2D eigenvalue weighted by atomic mass is 10.0. The van der Waals surface area contributed by atoms with Crippen molar-refractivity contribution in [2.24, 2.45) is 5.92 Å². The second-order valence-electron chi connectivity index (χ2n) is 5.52. The molecule has 122 valence electrons. The molecule has 1 aromatic rings. The highest BCUT2D eigenvalue weighted by atomic mass is 16.5. The lowest BCUT2D eigenvalue weighted by Gasteiger charge is -2.23. The first-order valence-electron chi connectivity index (χ1n) is 7.67. The van der Waals surface area contributed by atoms with Crippen LogP contribution in [0, 0.1) is 5.92 Å². The van der Waals surface area contributed by atoms with Crippen LogP contribution < -0.4 is 10.6 Å². The zero-order chi connectivity index (χ0) is 16.5. The molecule has 0 heterocycles. The van der Waals surface area contributed by atoms with Gasteiger partial charge in [0.15, 0.2) is 0 Å². The quantitative estimate of drug-likeness (QED) is 0.772. The van der Waals surface area contributed by atoms with Gasteiger partial charge in [0, 0.05) is 20.1 Å². The van der Waals surface area contributed by atoms with Gasteiger partial charge in [-0.3, -0.25) is 9.59 Å². The molecule has 0 aliphatic heterocycles. The second kappa shape index (κ2) is 9.20. The first-order valence-corrected chi connectivity index (χ1v) is 7.67. The third-order valence-electron chi connectivity index (χ3n) is 3.31.